The first kappa shape index (κ1) is 26.9. The van der Waals surface area contributed by atoms with Crippen molar-refractivity contribution in [2.24, 2.45) is 0 Å². The zero-order chi connectivity index (χ0) is 22.7. The average Bonchev–Trinajstić information content (AvgIpc) is 2.75. The van der Waals surface area contributed by atoms with Crippen LogP contribution in [-0.2, 0) is 0 Å². The van der Waals surface area contributed by atoms with Crippen LogP contribution in [0.2, 0.25) is 0 Å². The summed E-state index contributed by atoms with van der Waals surface area (Å²) in [4.78, 5) is 23.5. The normalized spacial score (nSPS) is 11.2. The molecule has 0 bridgehead atoms. The van der Waals surface area contributed by atoms with Crippen molar-refractivity contribution >= 4 is 11.9 Å². The Morgan fingerprint density at radius 2 is 1.32 bits per heavy atom. The van der Waals surface area contributed by atoms with Gasteiger partial charge < -0.3 is 10.4 Å². The Labute approximate surface area is 189 Å². The lowest BCUT2D eigenvalue weighted by atomic mass is 10.0. The van der Waals surface area contributed by atoms with Crippen LogP contribution in [0.25, 0.3) is 0 Å². The Morgan fingerprint density at radius 1 is 0.806 bits per heavy atom. The lowest BCUT2D eigenvalue weighted by molar-refractivity contribution is 0.0696. The molecule has 0 saturated carbocycles. The molecule has 174 valence electrons. The van der Waals surface area contributed by atoms with Crippen molar-refractivity contribution in [2.75, 3.05) is 6.54 Å². The van der Waals surface area contributed by atoms with E-state index in [-0.39, 0.29) is 11.5 Å². The minimum atomic E-state index is -1.000. The van der Waals surface area contributed by atoms with Gasteiger partial charge >= 0.3 is 5.97 Å². The quantitative estimate of drug-likeness (QED) is 0.188. The molecule has 4 heteroatoms. The molecular weight excluding hydrogens is 386 g/mol. The van der Waals surface area contributed by atoms with Gasteiger partial charge in [-0.2, -0.15) is 0 Å². The number of aromatic carboxylic acids is 1. The summed E-state index contributed by atoms with van der Waals surface area (Å²) < 4.78 is 0. The van der Waals surface area contributed by atoms with Crippen LogP contribution < -0.4 is 5.32 Å². The van der Waals surface area contributed by atoms with Gasteiger partial charge in [0, 0.05) is 12.1 Å². The number of hydrogen-bond acceptors (Lipinski definition) is 2. The number of benzene rings is 1. The second-order valence-corrected chi connectivity index (χ2v) is 8.48. The second kappa shape index (κ2) is 17.6. The van der Waals surface area contributed by atoms with Crippen LogP contribution in [-0.4, -0.2) is 23.5 Å². The molecule has 1 aromatic carbocycles. The largest absolute Gasteiger partial charge is 0.478 e. The minimum absolute atomic E-state index is 0.185. The highest BCUT2D eigenvalue weighted by molar-refractivity contribution is 5.99. The number of allylic oxidation sites excluding steroid dienone is 2. The van der Waals surface area contributed by atoms with Crippen molar-refractivity contribution in [1.82, 2.24) is 5.32 Å². The van der Waals surface area contributed by atoms with E-state index in [2.05, 4.69) is 24.4 Å². The Kier molecular flexibility index (Phi) is 15.3. The van der Waals surface area contributed by atoms with E-state index < -0.39 is 5.97 Å². The van der Waals surface area contributed by atoms with Crippen LogP contribution in [0.5, 0.6) is 0 Å². The summed E-state index contributed by atoms with van der Waals surface area (Å²) in [6, 6.07) is 4.83. The molecular formula is C27H43NO3. The van der Waals surface area contributed by atoms with Crippen molar-refractivity contribution in [2.45, 2.75) is 104 Å². The molecule has 2 N–H and O–H groups in total. The van der Waals surface area contributed by atoms with Gasteiger partial charge in [-0.15, -0.1) is 0 Å². The van der Waals surface area contributed by atoms with Crippen molar-refractivity contribution < 1.29 is 14.7 Å². The number of carboxylic acid groups (broad SMARTS) is 1. The van der Waals surface area contributed by atoms with Gasteiger partial charge in [0.2, 0.25) is 0 Å². The molecule has 0 aliphatic heterocycles. The summed E-state index contributed by atoms with van der Waals surface area (Å²) in [6.45, 7) is 4.58. The Balaban J connectivity index is 1.98. The molecule has 0 saturated heterocycles. The third kappa shape index (κ3) is 12.4. The van der Waals surface area contributed by atoms with Gasteiger partial charge in [-0.3, -0.25) is 4.79 Å². The van der Waals surface area contributed by atoms with Gasteiger partial charge in [-0.1, -0.05) is 82.9 Å². The molecule has 0 radical (unpaired) electrons. The van der Waals surface area contributed by atoms with Gasteiger partial charge in [0.15, 0.2) is 0 Å². The topological polar surface area (TPSA) is 66.4 Å². The average molecular weight is 430 g/mol. The zero-order valence-electron chi connectivity index (χ0n) is 19.8. The number of carbonyl (C=O) groups excluding carboxylic acids is 1. The standard InChI is InChI=1S/C27H43NO3/c1-3-4-5-6-7-8-9-10-11-12-13-14-15-16-17-18-22-28-26(29)24-20-19-21-25(23(24)2)27(30)31/h10-11,19-21H,3-9,12-18,22H2,1-2H3,(H,28,29)(H,30,31)/b11-10-. The van der Waals surface area contributed by atoms with Crippen LogP contribution in [0.15, 0.2) is 30.4 Å². The summed E-state index contributed by atoms with van der Waals surface area (Å²) in [5, 5.41) is 12.1. The Hall–Kier alpha value is -2.10. The molecule has 0 unspecified atom stereocenters. The van der Waals surface area contributed by atoms with E-state index in [1.54, 1.807) is 19.1 Å². The molecule has 0 aliphatic carbocycles. The van der Waals surface area contributed by atoms with E-state index in [4.69, 9.17) is 5.11 Å². The predicted octanol–water partition coefficient (Wildman–Crippen LogP) is 7.46. The molecule has 31 heavy (non-hydrogen) atoms. The second-order valence-electron chi connectivity index (χ2n) is 8.48. The molecule has 1 rings (SSSR count). The van der Waals surface area contributed by atoms with Crippen LogP contribution in [0.3, 0.4) is 0 Å². The highest BCUT2D eigenvalue weighted by atomic mass is 16.4. The van der Waals surface area contributed by atoms with E-state index >= 15 is 0 Å². The molecule has 0 aliphatic rings. The third-order valence-electron chi connectivity index (χ3n) is 5.78. The first-order valence-corrected chi connectivity index (χ1v) is 12.3. The number of amides is 1. The number of carbonyl (C=O) groups is 2. The van der Waals surface area contributed by atoms with Crippen molar-refractivity contribution in [3.8, 4) is 0 Å². The zero-order valence-corrected chi connectivity index (χ0v) is 19.8. The first-order valence-electron chi connectivity index (χ1n) is 12.3. The fourth-order valence-corrected chi connectivity index (χ4v) is 3.78. The molecule has 1 aromatic rings. The maximum absolute atomic E-state index is 12.3. The van der Waals surface area contributed by atoms with Gasteiger partial charge in [0.25, 0.3) is 5.91 Å². The summed E-state index contributed by atoms with van der Waals surface area (Å²) in [7, 11) is 0. The highest BCUT2D eigenvalue weighted by Gasteiger charge is 2.14. The molecule has 1 amide bonds. The first-order chi connectivity index (χ1) is 15.1. The minimum Gasteiger partial charge on any atom is -0.478 e. The monoisotopic (exact) mass is 429 g/mol. The van der Waals surface area contributed by atoms with Crippen molar-refractivity contribution in [1.29, 1.82) is 0 Å². The summed E-state index contributed by atoms with van der Waals surface area (Å²) in [5.41, 5.74) is 1.16. The lowest BCUT2D eigenvalue weighted by Gasteiger charge is -2.09. The fourth-order valence-electron chi connectivity index (χ4n) is 3.78. The van der Waals surface area contributed by atoms with E-state index in [1.807, 2.05) is 0 Å². The van der Waals surface area contributed by atoms with Crippen LogP contribution in [0, 0.1) is 6.92 Å². The van der Waals surface area contributed by atoms with Crippen LogP contribution in [0.4, 0.5) is 0 Å². The van der Waals surface area contributed by atoms with Gasteiger partial charge in [-0.25, -0.2) is 4.79 Å². The van der Waals surface area contributed by atoms with E-state index in [0.29, 0.717) is 17.7 Å². The number of nitrogens with one attached hydrogen (secondary N) is 1. The molecule has 0 fully saturated rings. The molecule has 0 spiro atoms. The van der Waals surface area contributed by atoms with Crippen molar-refractivity contribution in [3.63, 3.8) is 0 Å². The lowest BCUT2D eigenvalue weighted by Crippen LogP contribution is -2.25. The SMILES string of the molecule is CCCCCCCC/C=C\CCCCCCCCNC(=O)c1cccc(C(=O)O)c1C. The van der Waals surface area contributed by atoms with Crippen molar-refractivity contribution in [3.05, 3.63) is 47.0 Å². The smallest absolute Gasteiger partial charge is 0.335 e. The van der Waals surface area contributed by atoms with Gasteiger partial charge in [-0.05, 0) is 56.7 Å². The number of hydrogen-bond donors (Lipinski definition) is 2. The third-order valence-corrected chi connectivity index (χ3v) is 5.78. The molecule has 0 atom stereocenters. The Morgan fingerprint density at radius 3 is 1.90 bits per heavy atom. The Bertz CT molecular complexity index is 666. The maximum atomic E-state index is 12.3. The number of carboxylic acids is 1. The van der Waals surface area contributed by atoms with Crippen LogP contribution >= 0.6 is 0 Å². The van der Waals surface area contributed by atoms with E-state index in [9.17, 15) is 9.59 Å². The summed E-state index contributed by atoms with van der Waals surface area (Å²) in [5.74, 6) is -1.19. The van der Waals surface area contributed by atoms with E-state index in [1.165, 1.54) is 83.1 Å². The maximum Gasteiger partial charge on any atom is 0.335 e. The molecule has 0 heterocycles. The molecule has 0 aromatic heterocycles. The highest BCUT2D eigenvalue weighted by Crippen LogP contribution is 2.14. The number of unbranched alkanes of at least 4 members (excludes halogenated alkanes) is 12. The molecule has 4 nitrogen and oxygen atoms in total. The van der Waals surface area contributed by atoms with E-state index in [0.717, 1.165) is 12.8 Å². The van der Waals surface area contributed by atoms with Crippen LogP contribution in [0.1, 0.15) is 123 Å². The number of rotatable bonds is 18. The van der Waals surface area contributed by atoms with Gasteiger partial charge in [0.1, 0.15) is 0 Å². The summed E-state index contributed by atoms with van der Waals surface area (Å²) >= 11 is 0. The predicted molar refractivity (Wildman–Crippen MR) is 130 cm³/mol. The fraction of sp³-hybridized carbons (Fsp3) is 0.630. The van der Waals surface area contributed by atoms with Gasteiger partial charge in [0.05, 0.1) is 5.56 Å². The summed E-state index contributed by atoms with van der Waals surface area (Å²) in [6.07, 6.45) is 22.4.